The number of carbonyl (C=O) groups excluding carboxylic acids is 1. The lowest BCUT2D eigenvalue weighted by atomic mass is 9.82. The molecule has 1 aromatic rings. The van der Waals surface area contributed by atoms with Gasteiger partial charge >= 0.3 is 5.97 Å². The van der Waals surface area contributed by atoms with Crippen LogP contribution < -0.4 is 5.32 Å². The zero-order chi connectivity index (χ0) is 15.1. The summed E-state index contributed by atoms with van der Waals surface area (Å²) in [6.45, 7) is 1.80. The topological polar surface area (TPSA) is 66.4 Å². The van der Waals surface area contributed by atoms with E-state index in [0.717, 1.165) is 5.56 Å². The number of carbonyl (C=O) groups is 2. The third kappa shape index (κ3) is 2.33. The third-order valence-corrected chi connectivity index (χ3v) is 4.43. The number of anilines is 1. The van der Waals surface area contributed by atoms with Gasteiger partial charge < -0.3 is 10.4 Å². The lowest BCUT2D eigenvalue weighted by Crippen LogP contribution is -2.36. The molecule has 5 heteroatoms. The highest BCUT2D eigenvalue weighted by Crippen LogP contribution is 2.48. The van der Waals surface area contributed by atoms with E-state index in [-0.39, 0.29) is 17.5 Å². The van der Waals surface area contributed by atoms with Crippen molar-refractivity contribution in [2.24, 2.45) is 23.7 Å². The smallest absolute Gasteiger partial charge is 0.307 e. The number of allylic oxidation sites excluding steroid dienone is 2. The average Bonchev–Trinajstić information content (AvgIpc) is 3.03. The van der Waals surface area contributed by atoms with E-state index in [4.69, 9.17) is 0 Å². The van der Waals surface area contributed by atoms with Gasteiger partial charge in [-0.3, -0.25) is 9.59 Å². The molecule has 2 N–H and O–H groups in total. The number of fused-ring (bicyclic) bond motifs is 2. The van der Waals surface area contributed by atoms with Crippen LogP contribution >= 0.6 is 0 Å². The summed E-state index contributed by atoms with van der Waals surface area (Å²) in [4.78, 5) is 23.8. The van der Waals surface area contributed by atoms with Crippen LogP contribution in [0.15, 0.2) is 30.4 Å². The number of hydrogen-bond acceptors (Lipinski definition) is 2. The Balaban J connectivity index is 1.83. The molecule has 3 rings (SSSR count). The molecule has 0 heterocycles. The second-order valence-corrected chi connectivity index (χ2v) is 5.81. The Labute approximate surface area is 121 Å². The summed E-state index contributed by atoms with van der Waals surface area (Å²) in [6.07, 6.45) is 4.47. The molecule has 1 saturated carbocycles. The number of aliphatic carboxylic acids is 1. The Morgan fingerprint density at radius 3 is 2.57 bits per heavy atom. The second kappa shape index (κ2) is 4.98. The second-order valence-electron chi connectivity index (χ2n) is 5.81. The number of nitrogens with one attached hydrogen (secondary N) is 1. The minimum absolute atomic E-state index is 0.0658. The zero-order valence-electron chi connectivity index (χ0n) is 11.5. The molecule has 0 saturated heterocycles. The molecule has 2 aliphatic rings. The van der Waals surface area contributed by atoms with Crippen molar-refractivity contribution in [3.63, 3.8) is 0 Å². The number of hydrogen-bond donors (Lipinski definition) is 2. The van der Waals surface area contributed by atoms with Gasteiger partial charge in [-0.2, -0.15) is 0 Å². The molecule has 1 fully saturated rings. The summed E-state index contributed by atoms with van der Waals surface area (Å²) >= 11 is 0. The van der Waals surface area contributed by atoms with E-state index in [1.54, 1.807) is 19.1 Å². The van der Waals surface area contributed by atoms with Gasteiger partial charge in [0, 0.05) is 0 Å². The molecule has 0 unspecified atom stereocenters. The summed E-state index contributed by atoms with van der Waals surface area (Å²) in [5, 5.41) is 11.9. The number of carboxylic acid groups (broad SMARTS) is 1. The van der Waals surface area contributed by atoms with Crippen LogP contribution in [0.25, 0.3) is 0 Å². The number of rotatable bonds is 3. The molecular formula is C16H16FNO3. The highest BCUT2D eigenvalue weighted by molar-refractivity contribution is 5.96. The van der Waals surface area contributed by atoms with Crippen LogP contribution in [0.4, 0.5) is 10.1 Å². The lowest BCUT2D eigenvalue weighted by Gasteiger charge is -2.24. The van der Waals surface area contributed by atoms with Gasteiger partial charge in [0.25, 0.3) is 0 Å². The average molecular weight is 289 g/mol. The predicted octanol–water partition coefficient (Wildman–Crippen LogP) is 2.60. The molecule has 0 aliphatic heterocycles. The molecule has 0 aromatic heterocycles. The van der Waals surface area contributed by atoms with Gasteiger partial charge in [-0.05, 0) is 42.9 Å². The van der Waals surface area contributed by atoms with Gasteiger partial charge in [-0.25, -0.2) is 4.39 Å². The number of benzene rings is 1. The fourth-order valence-electron chi connectivity index (χ4n) is 3.47. The molecule has 110 valence electrons. The van der Waals surface area contributed by atoms with Crippen molar-refractivity contribution < 1.29 is 19.1 Å². The molecule has 0 spiro atoms. The van der Waals surface area contributed by atoms with Crippen molar-refractivity contribution in [1.82, 2.24) is 0 Å². The van der Waals surface area contributed by atoms with E-state index in [9.17, 15) is 19.1 Å². The Morgan fingerprint density at radius 2 is 1.90 bits per heavy atom. The number of aryl methyl sites for hydroxylation is 1. The summed E-state index contributed by atoms with van der Waals surface area (Å²) in [6, 6.07) is 4.46. The summed E-state index contributed by atoms with van der Waals surface area (Å²) in [7, 11) is 0. The van der Waals surface area contributed by atoms with Crippen LogP contribution in [0.2, 0.25) is 0 Å². The van der Waals surface area contributed by atoms with Gasteiger partial charge in [0.1, 0.15) is 5.82 Å². The van der Waals surface area contributed by atoms with E-state index < -0.39 is 29.5 Å². The van der Waals surface area contributed by atoms with Gasteiger partial charge in [-0.15, -0.1) is 0 Å². The van der Waals surface area contributed by atoms with Gasteiger partial charge in [0.05, 0.1) is 17.5 Å². The maximum Gasteiger partial charge on any atom is 0.307 e. The normalized spacial score (nSPS) is 29.6. The molecule has 2 bridgehead atoms. The molecule has 4 atom stereocenters. The lowest BCUT2D eigenvalue weighted by molar-refractivity contribution is -0.146. The minimum atomic E-state index is -0.961. The highest BCUT2D eigenvalue weighted by atomic mass is 19.1. The SMILES string of the molecule is Cc1ccc(F)c(NC(=O)[C@@H]2[C@@H](C(=O)O)[C@H]3C=C[C@H]2C3)c1. The quantitative estimate of drug-likeness (QED) is 0.841. The van der Waals surface area contributed by atoms with Crippen LogP contribution in [-0.4, -0.2) is 17.0 Å². The van der Waals surface area contributed by atoms with E-state index in [2.05, 4.69) is 5.32 Å². The standard InChI is InChI=1S/C16H16FNO3/c1-8-2-5-11(17)12(6-8)18-15(19)13-9-3-4-10(7-9)14(13)16(20)21/h2-6,9-10,13-14H,7H2,1H3,(H,18,19)(H,20,21)/t9-,10-,13-,14-/m0/s1. The van der Waals surface area contributed by atoms with Gasteiger partial charge in [0.15, 0.2) is 0 Å². The van der Waals surface area contributed by atoms with E-state index in [0.29, 0.717) is 6.42 Å². The number of carboxylic acids is 1. The van der Waals surface area contributed by atoms with Crippen molar-refractivity contribution in [3.8, 4) is 0 Å². The Bertz CT molecular complexity index is 640. The summed E-state index contributed by atoms with van der Waals surface area (Å²) < 4.78 is 13.7. The first-order valence-corrected chi connectivity index (χ1v) is 6.95. The van der Waals surface area contributed by atoms with Gasteiger partial charge in [0.2, 0.25) is 5.91 Å². The number of halogens is 1. The van der Waals surface area contributed by atoms with Gasteiger partial charge in [-0.1, -0.05) is 18.2 Å². The van der Waals surface area contributed by atoms with Crippen molar-refractivity contribution in [2.45, 2.75) is 13.3 Å². The molecule has 2 aliphatic carbocycles. The Hall–Kier alpha value is -2.17. The maximum absolute atomic E-state index is 13.7. The monoisotopic (exact) mass is 289 g/mol. The van der Waals surface area contributed by atoms with Crippen LogP contribution in [0, 0.1) is 36.4 Å². The van der Waals surface area contributed by atoms with E-state index >= 15 is 0 Å². The minimum Gasteiger partial charge on any atom is -0.481 e. The zero-order valence-corrected chi connectivity index (χ0v) is 11.5. The Morgan fingerprint density at radius 1 is 1.24 bits per heavy atom. The van der Waals surface area contributed by atoms with Crippen molar-refractivity contribution in [3.05, 3.63) is 41.7 Å². The van der Waals surface area contributed by atoms with Crippen LogP contribution in [-0.2, 0) is 9.59 Å². The molecule has 1 amide bonds. The fraction of sp³-hybridized carbons (Fsp3) is 0.375. The molecule has 0 radical (unpaired) electrons. The third-order valence-electron chi connectivity index (χ3n) is 4.43. The van der Waals surface area contributed by atoms with Crippen LogP contribution in [0.3, 0.4) is 0 Å². The molecule has 21 heavy (non-hydrogen) atoms. The highest BCUT2D eigenvalue weighted by Gasteiger charge is 2.51. The summed E-state index contributed by atoms with van der Waals surface area (Å²) in [5.74, 6) is -3.39. The predicted molar refractivity (Wildman–Crippen MR) is 75.1 cm³/mol. The van der Waals surface area contributed by atoms with Crippen LogP contribution in [0.1, 0.15) is 12.0 Å². The first kappa shape index (κ1) is 13.8. The van der Waals surface area contributed by atoms with E-state index in [1.807, 2.05) is 12.2 Å². The maximum atomic E-state index is 13.7. The van der Waals surface area contributed by atoms with Crippen molar-refractivity contribution in [1.29, 1.82) is 0 Å². The Kier molecular flexibility index (Phi) is 3.27. The largest absolute Gasteiger partial charge is 0.481 e. The first-order chi connectivity index (χ1) is 9.97. The molecular weight excluding hydrogens is 273 g/mol. The fourth-order valence-corrected chi connectivity index (χ4v) is 3.47. The van der Waals surface area contributed by atoms with Crippen molar-refractivity contribution in [2.75, 3.05) is 5.32 Å². The molecule has 4 nitrogen and oxygen atoms in total. The van der Waals surface area contributed by atoms with Crippen LogP contribution in [0.5, 0.6) is 0 Å². The van der Waals surface area contributed by atoms with Crippen molar-refractivity contribution >= 4 is 17.6 Å². The first-order valence-electron chi connectivity index (χ1n) is 6.95. The summed E-state index contributed by atoms with van der Waals surface area (Å²) in [5.41, 5.74) is 0.935. The number of amides is 1. The molecule has 1 aromatic carbocycles. The van der Waals surface area contributed by atoms with E-state index in [1.165, 1.54) is 6.07 Å².